The number of nitro groups is 1. The van der Waals surface area contributed by atoms with Crippen LogP contribution in [-0.2, 0) is 4.79 Å². The zero-order valence-corrected chi connectivity index (χ0v) is 13.2. The van der Waals surface area contributed by atoms with Gasteiger partial charge in [-0.2, -0.15) is 0 Å². The lowest BCUT2D eigenvalue weighted by molar-refractivity contribution is -0.384. The molecule has 21 heavy (non-hydrogen) atoms. The highest BCUT2D eigenvalue weighted by Crippen LogP contribution is 2.36. The van der Waals surface area contributed by atoms with Crippen LogP contribution in [0.4, 0.5) is 15.8 Å². The number of carboxylic acids is 1. The Hall–Kier alpha value is -1.45. The first-order valence-corrected chi connectivity index (χ1v) is 7.60. The minimum atomic E-state index is -1.09. The van der Waals surface area contributed by atoms with Crippen molar-refractivity contribution in [2.24, 2.45) is 0 Å². The Morgan fingerprint density at radius 1 is 1.48 bits per heavy atom. The Balaban J connectivity index is 2.49. The van der Waals surface area contributed by atoms with Crippen LogP contribution in [0.25, 0.3) is 0 Å². The summed E-state index contributed by atoms with van der Waals surface area (Å²) in [7, 11) is 0. The minimum Gasteiger partial charge on any atom is -0.480 e. The van der Waals surface area contributed by atoms with Crippen molar-refractivity contribution < 1.29 is 19.2 Å². The SMILES string of the molecule is O=C(O)CN(c1cc(F)c(I)cc1[N+](=O)[O-])C1CCCC1. The average Bonchev–Trinajstić information content (AvgIpc) is 2.92. The Labute approximate surface area is 134 Å². The molecule has 1 fully saturated rings. The molecule has 8 heteroatoms. The van der Waals surface area contributed by atoms with Gasteiger partial charge < -0.3 is 10.0 Å². The van der Waals surface area contributed by atoms with Gasteiger partial charge in [0.15, 0.2) is 0 Å². The lowest BCUT2D eigenvalue weighted by atomic mass is 10.1. The molecule has 1 aromatic carbocycles. The van der Waals surface area contributed by atoms with E-state index in [0.29, 0.717) is 0 Å². The van der Waals surface area contributed by atoms with Gasteiger partial charge in [-0.15, -0.1) is 0 Å². The van der Waals surface area contributed by atoms with Gasteiger partial charge in [0.1, 0.15) is 18.0 Å². The zero-order valence-electron chi connectivity index (χ0n) is 11.1. The van der Waals surface area contributed by atoms with Crippen molar-refractivity contribution >= 4 is 39.9 Å². The van der Waals surface area contributed by atoms with Gasteiger partial charge in [0.2, 0.25) is 0 Å². The van der Waals surface area contributed by atoms with Crippen molar-refractivity contribution in [3.63, 3.8) is 0 Å². The predicted octanol–water partition coefficient (Wildman–Crippen LogP) is 3.17. The number of benzene rings is 1. The Bertz CT molecular complexity index is 576. The number of halogens is 2. The number of carbonyl (C=O) groups is 1. The largest absolute Gasteiger partial charge is 0.480 e. The molecule has 1 aromatic rings. The Kier molecular flexibility index (Phi) is 4.96. The lowest BCUT2D eigenvalue weighted by Crippen LogP contribution is -2.38. The van der Waals surface area contributed by atoms with Crippen LogP contribution in [0.3, 0.4) is 0 Å². The summed E-state index contributed by atoms with van der Waals surface area (Å²) in [6.45, 7) is -0.370. The molecule has 0 spiro atoms. The van der Waals surface area contributed by atoms with E-state index in [9.17, 15) is 19.3 Å². The number of carboxylic acid groups (broad SMARTS) is 1. The van der Waals surface area contributed by atoms with Crippen molar-refractivity contribution in [2.75, 3.05) is 11.4 Å². The summed E-state index contributed by atoms with van der Waals surface area (Å²) < 4.78 is 13.9. The molecule has 0 aromatic heterocycles. The zero-order chi connectivity index (χ0) is 15.6. The molecule has 0 bridgehead atoms. The highest BCUT2D eigenvalue weighted by Gasteiger charge is 2.30. The number of nitro benzene ring substituents is 1. The molecule has 1 aliphatic rings. The van der Waals surface area contributed by atoms with E-state index in [1.807, 2.05) is 0 Å². The second kappa shape index (κ2) is 6.54. The molecular formula is C13H14FIN2O4. The quantitative estimate of drug-likeness (QED) is 0.460. The van der Waals surface area contributed by atoms with Gasteiger partial charge in [-0.3, -0.25) is 14.9 Å². The second-order valence-electron chi connectivity index (χ2n) is 4.97. The van der Waals surface area contributed by atoms with Gasteiger partial charge >= 0.3 is 5.97 Å². The van der Waals surface area contributed by atoms with Crippen molar-refractivity contribution in [1.29, 1.82) is 0 Å². The monoisotopic (exact) mass is 408 g/mol. The van der Waals surface area contributed by atoms with Crippen LogP contribution in [0.1, 0.15) is 25.7 Å². The molecule has 0 heterocycles. The van der Waals surface area contributed by atoms with Crippen molar-refractivity contribution in [1.82, 2.24) is 0 Å². The summed E-state index contributed by atoms with van der Waals surface area (Å²) in [5.74, 6) is -1.67. The number of hydrogen-bond donors (Lipinski definition) is 1. The summed E-state index contributed by atoms with van der Waals surface area (Å²) in [6, 6.07) is 2.12. The number of nitrogens with zero attached hydrogens (tertiary/aromatic N) is 2. The summed E-state index contributed by atoms with van der Waals surface area (Å²) in [4.78, 5) is 23.1. The van der Waals surface area contributed by atoms with Gasteiger partial charge in [0, 0.05) is 18.2 Å². The van der Waals surface area contributed by atoms with Crippen molar-refractivity contribution in [3.8, 4) is 0 Å². The van der Waals surface area contributed by atoms with E-state index in [0.717, 1.165) is 37.8 Å². The van der Waals surface area contributed by atoms with Crippen molar-refractivity contribution in [3.05, 3.63) is 31.6 Å². The molecule has 6 nitrogen and oxygen atoms in total. The normalized spacial score (nSPS) is 15.1. The topological polar surface area (TPSA) is 83.7 Å². The van der Waals surface area contributed by atoms with Gasteiger partial charge in [0.05, 0.1) is 8.49 Å². The second-order valence-corrected chi connectivity index (χ2v) is 6.13. The van der Waals surface area contributed by atoms with Crippen LogP contribution in [0.5, 0.6) is 0 Å². The smallest absolute Gasteiger partial charge is 0.323 e. The van der Waals surface area contributed by atoms with Crippen molar-refractivity contribution in [2.45, 2.75) is 31.7 Å². The van der Waals surface area contributed by atoms with Crippen LogP contribution in [-0.4, -0.2) is 28.6 Å². The highest BCUT2D eigenvalue weighted by atomic mass is 127. The van der Waals surface area contributed by atoms with Crippen LogP contribution in [0.2, 0.25) is 0 Å². The van der Waals surface area contributed by atoms with Gasteiger partial charge in [-0.25, -0.2) is 4.39 Å². The molecule has 0 atom stereocenters. The minimum absolute atomic E-state index is 0.0483. The molecule has 0 aliphatic heterocycles. The molecule has 1 N–H and O–H groups in total. The first-order valence-electron chi connectivity index (χ1n) is 6.52. The Morgan fingerprint density at radius 3 is 2.62 bits per heavy atom. The molecule has 0 amide bonds. The maximum absolute atomic E-state index is 13.8. The first-order chi connectivity index (χ1) is 9.90. The van der Waals surface area contributed by atoms with Gasteiger partial charge in [0.25, 0.3) is 5.69 Å². The third kappa shape index (κ3) is 3.60. The van der Waals surface area contributed by atoms with E-state index in [1.54, 1.807) is 22.6 Å². The fourth-order valence-electron chi connectivity index (χ4n) is 2.67. The van der Waals surface area contributed by atoms with Gasteiger partial charge in [-0.05, 0) is 35.4 Å². The first kappa shape index (κ1) is 15.9. The number of anilines is 1. The molecule has 114 valence electrons. The van der Waals surface area contributed by atoms with E-state index in [2.05, 4.69) is 0 Å². The van der Waals surface area contributed by atoms with E-state index >= 15 is 0 Å². The standard InChI is InChI=1S/C13H14FIN2O4/c14-9-5-11(12(17(20)21)6-10(9)15)16(7-13(18)19)8-3-1-2-4-8/h5-6,8H,1-4,7H2,(H,18,19). The molecular weight excluding hydrogens is 394 g/mol. The fraction of sp³-hybridized carbons (Fsp3) is 0.462. The third-order valence-corrected chi connectivity index (χ3v) is 4.42. The van der Waals surface area contributed by atoms with E-state index in [-0.39, 0.29) is 27.5 Å². The summed E-state index contributed by atoms with van der Waals surface area (Å²) >= 11 is 1.68. The molecule has 0 radical (unpaired) electrons. The van der Waals surface area contributed by atoms with E-state index in [4.69, 9.17) is 5.11 Å². The van der Waals surface area contributed by atoms with Crippen LogP contribution in [0.15, 0.2) is 12.1 Å². The molecule has 0 saturated heterocycles. The summed E-state index contributed by atoms with van der Waals surface area (Å²) in [5, 5.41) is 20.2. The summed E-state index contributed by atoms with van der Waals surface area (Å²) in [6.07, 6.45) is 3.42. The third-order valence-electron chi connectivity index (χ3n) is 3.59. The maximum atomic E-state index is 13.8. The maximum Gasteiger partial charge on any atom is 0.323 e. The molecule has 1 saturated carbocycles. The molecule has 2 rings (SSSR count). The fourth-order valence-corrected chi connectivity index (χ4v) is 3.13. The number of rotatable bonds is 5. The number of aliphatic carboxylic acids is 1. The average molecular weight is 408 g/mol. The van der Waals surface area contributed by atoms with Crippen LogP contribution < -0.4 is 4.90 Å². The van der Waals surface area contributed by atoms with Gasteiger partial charge in [-0.1, -0.05) is 12.8 Å². The predicted molar refractivity (Wildman–Crippen MR) is 83.0 cm³/mol. The van der Waals surface area contributed by atoms with Crippen LogP contribution in [0, 0.1) is 19.5 Å². The highest BCUT2D eigenvalue weighted by molar-refractivity contribution is 14.1. The Morgan fingerprint density at radius 2 is 2.10 bits per heavy atom. The van der Waals surface area contributed by atoms with Crippen LogP contribution >= 0.6 is 22.6 Å². The summed E-state index contributed by atoms with van der Waals surface area (Å²) in [5.41, 5.74) is -0.207. The lowest BCUT2D eigenvalue weighted by Gasteiger charge is -2.29. The molecule has 0 unspecified atom stereocenters. The van der Waals surface area contributed by atoms with E-state index in [1.165, 1.54) is 4.90 Å². The van der Waals surface area contributed by atoms with E-state index < -0.39 is 16.7 Å². The molecule has 1 aliphatic carbocycles. The number of hydrogen-bond acceptors (Lipinski definition) is 4.